The first-order chi connectivity index (χ1) is 19.9. The first kappa shape index (κ1) is 28.0. The molecule has 0 saturated carbocycles. The van der Waals surface area contributed by atoms with E-state index in [9.17, 15) is 14.4 Å². The standard InChI is InChI=1S/C30H32N6O4S/c1-3-23-18-24-26(32-29(33-27(24)41-23)34-30(39)31-19-25(37)40-4-2)35-14-16-36(17-15-35)28(38)22-12-10-21(11-13-22)20-8-6-5-7-9-20/h5-13,18H,3-4,14-17,19H2,1-2H3,(H2,31,32,33,34,39). The molecular weight excluding hydrogens is 540 g/mol. The number of aryl methyl sites for hydroxylation is 1. The Morgan fingerprint density at radius 1 is 0.927 bits per heavy atom. The fraction of sp³-hybridized carbons (Fsp3) is 0.300. The maximum atomic E-state index is 13.3. The van der Waals surface area contributed by atoms with Gasteiger partial charge in [0, 0.05) is 36.6 Å². The zero-order valence-corrected chi connectivity index (χ0v) is 23.9. The number of piperazine rings is 1. The van der Waals surface area contributed by atoms with Crippen molar-refractivity contribution in [2.24, 2.45) is 0 Å². The summed E-state index contributed by atoms with van der Waals surface area (Å²) in [6.07, 6.45) is 0.856. The van der Waals surface area contributed by atoms with Crippen LogP contribution < -0.4 is 15.5 Å². The number of benzene rings is 2. The smallest absolute Gasteiger partial charge is 0.325 e. The summed E-state index contributed by atoms with van der Waals surface area (Å²) in [5.74, 6) is 0.341. The number of rotatable bonds is 8. The van der Waals surface area contributed by atoms with Crippen LogP contribution in [0.3, 0.4) is 0 Å². The Morgan fingerprint density at radius 2 is 1.63 bits per heavy atom. The largest absolute Gasteiger partial charge is 0.465 e. The number of hydrogen-bond acceptors (Lipinski definition) is 8. The van der Waals surface area contributed by atoms with E-state index >= 15 is 0 Å². The van der Waals surface area contributed by atoms with E-state index in [1.54, 1.807) is 18.3 Å². The van der Waals surface area contributed by atoms with Crippen molar-refractivity contribution >= 4 is 51.2 Å². The second-order valence-electron chi connectivity index (χ2n) is 9.49. The van der Waals surface area contributed by atoms with Crippen molar-refractivity contribution in [2.75, 3.05) is 49.5 Å². The number of carbonyl (C=O) groups excluding carboxylic acids is 3. The lowest BCUT2D eigenvalue weighted by molar-refractivity contribution is -0.141. The molecule has 2 aromatic heterocycles. The quantitative estimate of drug-likeness (QED) is 0.297. The third-order valence-corrected chi connectivity index (χ3v) is 7.97. The van der Waals surface area contributed by atoms with Gasteiger partial charge >= 0.3 is 12.0 Å². The Balaban J connectivity index is 1.27. The molecule has 2 N–H and O–H groups in total. The lowest BCUT2D eigenvalue weighted by Crippen LogP contribution is -2.49. The van der Waals surface area contributed by atoms with Crippen molar-refractivity contribution in [1.29, 1.82) is 0 Å². The SMILES string of the molecule is CCOC(=O)CNC(=O)Nc1nc(N2CCN(C(=O)c3ccc(-c4ccccc4)cc3)CC2)c2cc(CC)sc2n1. The summed E-state index contributed by atoms with van der Waals surface area (Å²) in [5.41, 5.74) is 2.84. The van der Waals surface area contributed by atoms with Gasteiger partial charge < -0.3 is 19.9 Å². The van der Waals surface area contributed by atoms with Crippen molar-refractivity contribution in [3.63, 3.8) is 0 Å². The van der Waals surface area contributed by atoms with Gasteiger partial charge in [0.1, 0.15) is 17.2 Å². The molecule has 4 aromatic rings. The lowest BCUT2D eigenvalue weighted by Gasteiger charge is -2.35. The number of hydrogen-bond donors (Lipinski definition) is 2. The molecule has 0 spiro atoms. The van der Waals surface area contributed by atoms with Gasteiger partial charge in [0.25, 0.3) is 5.91 Å². The highest BCUT2D eigenvalue weighted by molar-refractivity contribution is 7.18. The Morgan fingerprint density at radius 3 is 2.32 bits per heavy atom. The molecule has 3 heterocycles. The van der Waals surface area contributed by atoms with E-state index in [1.807, 2.05) is 59.5 Å². The van der Waals surface area contributed by atoms with Crippen LogP contribution in [0, 0.1) is 0 Å². The van der Waals surface area contributed by atoms with Crippen LogP contribution in [-0.4, -0.2) is 72.1 Å². The van der Waals surface area contributed by atoms with E-state index < -0.39 is 12.0 Å². The molecule has 3 amide bonds. The molecule has 0 unspecified atom stereocenters. The van der Waals surface area contributed by atoms with E-state index in [2.05, 4.69) is 38.5 Å². The lowest BCUT2D eigenvalue weighted by atomic mass is 10.0. The van der Waals surface area contributed by atoms with Gasteiger partial charge in [0.05, 0.1) is 12.0 Å². The van der Waals surface area contributed by atoms with Crippen molar-refractivity contribution in [3.05, 3.63) is 71.1 Å². The van der Waals surface area contributed by atoms with Gasteiger partial charge in [-0.25, -0.2) is 9.78 Å². The number of fused-ring (bicyclic) bond motifs is 1. The van der Waals surface area contributed by atoms with Crippen molar-refractivity contribution in [3.8, 4) is 11.1 Å². The van der Waals surface area contributed by atoms with Gasteiger partial charge in [0.2, 0.25) is 5.95 Å². The van der Waals surface area contributed by atoms with Crippen LogP contribution in [0.2, 0.25) is 0 Å². The average molecular weight is 573 g/mol. The summed E-state index contributed by atoms with van der Waals surface area (Å²) in [7, 11) is 0. The van der Waals surface area contributed by atoms with Crippen LogP contribution in [0.15, 0.2) is 60.7 Å². The summed E-state index contributed by atoms with van der Waals surface area (Å²) in [6.45, 7) is 6.03. The number of ether oxygens (including phenoxy) is 1. The fourth-order valence-corrected chi connectivity index (χ4v) is 5.64. The molecule has 0 atom stereocenters. The van der Waals surface area contributed by atoms with Crippen molar-refractivity contribution in [1.82, 2.24) is 20.2 Å². The van der Waals surface area contributed by atoms with E-state index in [4.69, 9.17) is 4.74 Å². The zero-order valence-electron chi connectivity index (χ0n) is 23.1. The average Bonchev–Trinajstić information content (AvgIpc) is 3.43. The summed E-state index contributed by atoms with van der Waals surface area (Å²) >= 11 is 1.56. The molecule has 0 bridgehead atoms. The third kappa shape index (κ3) is 6.63. The molecule has 1 saturated heterocycles. The predicted octanol–water partition coefficient (Wildman–Crippen LogP) is 4.57. The Bertz CT molecular complexity index is 1530. The second-order valence-corrected chi connectivity index (χ2v) is 10.6. The molecule has 1 fully saturated rings. The number of thiophene rings is 1. The van der Waals surface area contributed by atoms with E-state index in [1.165, 1.54) is 0 Å². The molecule has 0 aliphatic carbocycles. The van der Waals surface area contributed by atoms with Crippen LogP contribution in [-0.2, 0) is 16.0 Å². The highest BCUT2D eigenvalue weighted by Gasteiger charge is 2.25. The minimum Gasteiger partial charge on any atom is -0.465 e. The molecule has 11 heteroatoms. The number of urea groups is 1. The Hall–Kier alpha value is -4.51. The maximum Gasteiger partial charge on any atom is 0.325 e. The maximum absolute atomic E-state index is 13.3. The number of esters is 1. The van der Waals surface area contributed by atoms with Crippen LogP contribution in [0.1, 0.15) is 29.1 Å². The van der Waals surface area contributed by atoms with Crippen LogP contribution in [0.25, 0.3) is 21.3 Å². The summed E-state index contributed by atoms with van der Waals surface area (Å²) in [5, 5.41) is 6.02. The van der Waals surface area contributed by atoms with Crippen molar-refractivity contribution in [2.45, 2.75) is 20.3 Å². The van der Waals surface area contributed by atoms with Gasteiger partial charge in [-0.05, 0) is 42.7 Å². The molecular formula is C30H32N6O4S. The highest BCUT2D eigenvalue weighted by Crippen LogP contribution is 2.33. The first-order valence-electron chi connectivity index (χ1n) is 13.7. The zero-order chi connectivity index (χ0) is 28.8. The second kappa shape index (κ2) is 12.8. The predicted molar refractivity (Wildman–Crippen MR) is 160 cm³/mol. The monoisotopic (exact) mass is 572 g/mol. The molecule has 1 aliphatic heterocycles. The van der Waals surface area contributed by atoms with Gasteiger partial charge in [-0.2, -0.15) is 4.98 Å². The number of nitrogens with zero attached hydrogens (tertiary/aromatic N) is 4. The highest BCUT2D eigenvalue weighted by atomic mass is 32.1. The van der Waals surface area contributed by atoms with Gasteiger partial charge in [-0.15, -0.1) is 11.3 Å². The van der Waals surface area contributed by atoms with Crippen LogP contribution >= 0.6 is 11.3 Å². The van der Waals surface area contributed by atoms with Gasteiger partial charge in [0.15, 0.2) is 0 Å². The minimum atomic E-state index is -0.593. The topological polar surface area (TPSA) is 117 Å². The number of carbonyl (C=O) groups is 3. The minimum absolute atomic E-state index is 0.00141. The van der Waals surface area contributed by atoms with Gasteiger partial charge in [-0.1, -0.05) is 49.4 Å². The fourth-order valence-electron chi connectivity index (χ4n) is 4.68. The summed E-state index contributed by atoms with van der Waals surface area (Å²) in [6, 6.07) is 19.3. The Kier molecular flexibility index (Phi) is 8.73. The molecule has 1 aliphatic rings. The summed E-state index contributed by atoms with van der Waals surface area (Å²) in [4.78, 5) is 52.4. The molecule has 10 nitrogen and oxygen atoms in total. The number of nitrogens with one attached hydrogen (secondary N) is 2. The van der Waals surface area contributed by atoms with E-state index in [-0.39, 0.29) is 25.0 Å². The Labute approximate surface area is 242 Å². The number of amides is 3. The first-order valence-corrected chi connectivity index (χ1v) is 14.5. The third-order valence-electron chi connectivity index (χ3n) is 6.80. The van der Waals surface area contributed by atoms with Crippen LogP contribution in [0.5, 0.6) is 0 Å². The van der Waals surface area contributed by atoms with E-state index in [0.29, 0.717) is 37.6 Å². The molecule has 2 aromatic carbocycles. The van der Waals surface area contributed by atoms with Gasteiger partial charge in [-0.3, -0.25) is 14.9 Å². The summed E-state index contributed by atoms with van der Waals surface area (Å²) < 4.78 is 4.85. The number of aromatic nitrogens is 2. The molecule has 0 radical (unpaired) electrons. The van der Waals surface area contributed by atoms with Crippen molar-refractivity contribution < 1.29 is 19.1 Å². The molecule has 5 rings (SSSR count). The molecule has 41 heavy (non-hydrogen) atoms. The van der Waals surface area contributed by atoms with Crippen LogP contribution in [0.4, 0.5) is 16.6 Å². The normalized spacial score (nSPS) is 13.2. The molecule has 212 valence electrons. The number of anilines is 2. The van der Waals surface area contributed by atoms with E-state index in [0.717, 1.165) is 32.6 Å².